The van der Waals surface area contributed by atoms with Crippen LogP contribution in [0.1, 0.15) is 37.8 Å². The van der Waals surface area contributed by atoms with Gasteiger partial charge in [-0.05, 0) is 49.9 Å². The molecule has 0 aliphatic carbocycles. The number of benzene rings is 1. The molecule has 3 nitrogen and oxygen atoms in total. The van der Waals surface area contributed by atoms with Crippen LogP contribution in [0.25, 0.3) is 0 Å². The first kappa shape index (κ1) is 11.7. The molecule has 0 spiro atoms. The lowest BCUT2D eigenvalue weighted by atomic mass is 9.86. The Balaban J connectivity index is 2.06. The highest BCUT2D eigenvalue weighted by atomic mass is 16.2. The van der Waals surface area contributed by atoms with Crippen LogP contribution in [0.4, 0.5) is 5.69 Å². The minimum Gasteiger partial charge on any atom is -0.312 e. The van der Waals surface area contributed by atoms with Crippen molar-refractivity contribution in [1.82, 2.24) is 5.32 Å². The molecule has 1 aromatic carbocycles. The van der Waals surface area contributed by atoms with Crippen molar-refractivity contribution >= 4 is 11.6 Å². The maximum Gasteiger partial charge on any atom is 0.223 e. The molecule has 0 saturated carbocycles. The summed E-state index contributed by atoms with van der Waals surface area (Å²) in [6.45, 7) is 5.86. The minimum atomic E-state index is 0.0954. The zero-order valence-electron chi connectivity index (χ0n) is 11.1. The Kier molecular flexibility index (Phi) is 2.67. The second-order valence-corrected chi connectivity index (χ2v) is 5.59. The van der Waals surface area contributed by atoms with Crippen LogP contribution in [-0.4, -0.2) is 19.0 Å². The van der Waals surface area contributed by atoms with Gasteiger partial charge in [-0.25, -0.2) is 0 Å². The van der Waals surface area contributed by atoms with E-state index in [2.05, 4.69) is 30.4 Å². The van der Waals surface area contributed by atoms with Crippen LogP contribution in [-0.2, 0) is 16.8 Å². The summed E-state index contributed by atoms with van der Waals surface area (Å²) in [6.07, 6.45) is 3.41. The quantitative estimate of drug-likeness (QED) is 0.821. The first-order chi connectivity index (χ1) is 8.62. The van der Waals surface area contributed by atoms with Gasteiger partial charge in [0.2, 0.25) is 5.91 Å². The lowest BCUT2D eigenvalue weighted by Gasteiger charge is -2.28. The summed E-state index contributed by atoms with van der Waals surface area (Å²) in [4.78, 5) is 13.5. The number of nitrogens with one attached hydrogen (secondary N) is 1. The minimum absolute atomic E-state index is 0.0954. The van der Waals surface area contributed by atoms with E-state index in [1.54, 1.807) is 6.92 Å². The third-order valence-corrected chi connectivity index (χ3v) is 4.37. The van der Waals surface area contributed by atoms with E-state index < -0.39 is 0 Å². The van der Waals surface area contributed by atoms with Crippen LogP contribution < -0.4 is 10.2 Å². The average Bonchev–Trinajstić information content (AvgIpc) is 2.95. The molecule has 0 aromatic heterocycles. The summed E-state index contributed by atoms with van der Waals surface area (Å²) in [5.74, 6) is 0.149. The van der Waals surface area contributed by atoms with Crippen LogP contribution in [0.3, 0.4) is 0 Å². The first-order valence-electron chi connectivity index (χ1n) is 6.77. The Morgan fingerprint density at radius 3 is 2.94 bits per heavy atom. The zero-order valence-corrected chi connectivity index (χ0v) is 11.1. The van der Waals surface area contributed by atoms with Crippen LogP contribution in [0.2, 0.25) is 0 Å². The summed E-state index contributed by atoms with van der Waals surface area (Å²) in [7, 11) is 0. The fourth-order valence-electron chi connectivity index (χ4n) is 3.40. The van der Waals surface area contributed by atoms with E-state index >= 15 is 0 Å². The molecule has 18 heavy (non-hydrogen) atoms. The predicted octanol–water partition coefficient (Wildman–Crippen LogP) is 2.19. The van der Waals surface area contributed by atoms with Gasteiger partial charge in [0.1, 0.15) is 0 Å². The number of hydrogen-bond donors (Lipinski definition) is 1. The molecule has 0 bridgehead atoms. The van der Waals surface area contributed by atoms with Gasteiger partial charge in [-0.1, -0.05) is 12.1 Å². The zero-order chi connectivity index (χ0) is 12.8. The van der Waals surface area contributed by atoms with Crippen molar-refractivity contribution in [2.24, 2.45) is 0 Å². The number of amides is 1. The van der Waals surface area contributed by atoms with Crippen molar-refractivity contribution in [2.75, 3.05) is 18.0 Å². The Morgan fingerprint density at radius 2 is 2.28 bits per heavy atom. The molecule has 1 saturated heterocycles. The van der Waals surface area contributed by atoms with Crippen LogP contribution in [0.15, 0.2) is 18.2 Å². The highest BCUT2D eigenvalue weighted by Crippen LogP contribution is 2.39. The molecule has 1 N–H and O–H groups in total. The fourth-order valence-corrected chi connectivity index (χ4v) is 3.40. The van der Waals surface area contributed by atoms with E-state index in [1.807, 2.05) is 4.90 Å². The lowest BCUT2D eigenvalue weighted by Crippen LogP contribution is -2.34. The standard InChI is InChI=1S/C15H20N2O/c1-11(18)17-10-7-12-13(5-3-6-14(12)17)15(2)8-4-9-16-15/h3,5-6,16H,4,7-10H2,1-2H3. The van der Waals surface area contributed by atoms with E-state index in [-0.39, 0.29) is 11.4 Å². The van der Waals surface area contributed by atoms with Crippen molar-refractivity contribution in [3.8, 4) is 0 Å². The summed E-state index contributed by atoms with van der Waals surface area (Å²) in [5, 5.41) is 3.62. The van der Waals surface area contributed by atoms with Gasteiger partial charge in [-0.3, -0.25) is 4.79 Å². The van der Waals surface area contributed by atoms with E-state index in [4.69, 9.17) is 0 Å². The molecule has 0 radical (unpaired) electrons. The van der Waals surface area contributed by atoms with Crippen LogP contribution in [0.5, 0.6) is 0 Å². The number of anilines is 1. The Morgan fingerprint density at radius 1 is 1.44 bits per heavy atom. The number of hydrogen-bond acceptors (Lipinski definition) is 2. The summed E-state index contributed by atoms with van der Waals surface area (Å²) in [6, 6.07) is 6.38. The second kappa shape index (κ2) is 4.09. The first-order valence-corrected chi connectivity index (χ1v) is 6.77. The molecule has 2 aliphatic heterocycles. The number of nitrogens with zero attached hydrogens (tertiary/aromatic N) is 1. The summed E-state index contributed by atoms with van der Waals surface area (Å²) < 4.78 is 0. The smallest absolute Gasteiger partial charge is 0.223 e. The van der Waals surface area contributed by atoms with Gasteiger partial charge in [0.25, 0.3) is 0 Å². The maximum absolute atomic E-state index is 11.6. The fraction of sp³-hybridized carbons (Fsp3) is 0.533. The maximum atomic E-state index is 11.6. The Labute approximate surface area is 108 Å². The molecule has 1 amide bonds. The van der Waals surface area contributed by atoms with Gasteiger partial charge in [-0.15, -0.1) is 0 Å². The molecule has 1 fully saturated rings. The van der Waals surface area contributed by atoms with Crippen molar-refractivity contribution in [3.63, 3.8) is 0 Å². The van der Waals surface area contributed by atoms with Crippen molar-refractivity contribution in [3.05, 3.63) is 29.3 Å². The molecule has 1 aromatic rings. The molecular weight excluding hydrogens is 224 g/mol. The molecule has 2 aliphatic rings. The molecule has 96 valence electrons. The van der Waals surface area contributed by atoms with Gasteiger partial charge >= 0.3 is 0 Å². The van der Waals surface area contributed by atoms with Gasteiger partial charge < -0.3 is 10.2 Å². The van der Waals surface area contributed by atoms with E-state index in [0.717, 1.165) is 25.2 Å². The molecule has 3 rings (SSSR count). The highest BCUT2D eigenvalue weighted by molar-refractivity contribution is 5.94. The molecule has 1 atom stereocenters. The Bertz CT molecular complexity index is 489. The molecule has 3 heteroatoms. The number of carbonyl (C=O) groups is 1. The van der Waals surface area contributed by atoms with Crippen LogP contribution >= 0.6 is 0 Å². The third kappa shape index (κ3) is 1.65. The number of carbonyl (C=O) groups excluding carboxylic acids is 1. The lowest BCUT2D eigenvalue weighted by molar-refractivity contribution is -0.116. The van der Waals surface area contributed by atoms with E-state index in [0.29, 0.717) is 0 Å². The average molecular weight is 244 g/mol. The van der Waals surface area contributed by atoms with Crippen molar-refractivity contribution in [1.29, 1.82) is 0 Å². The van der Waals surface area contributed by atoms with Crippen molar-refractivity contribution in [2.45, 2.75) is 38.6 Å². The van der Waals surface area contributed by atoms with E-state index in [9.17, 15) is 4.79 Å². The topological polar surface area (TPSA) is 32.3 Å². The summed E-state index contributed by atoms with van der Waals surface area (Å²) >= 11 is 0. The van der Waals surface area contributed by atoms with Gasteiger partial charge in [0, 0.05) is 24.7 Å². The predicted molar refractivity (Wildman–Crippen MR) is 72.8 cm³/mol. The Hall–Kier alpha value is -1.35. The molecule has 2 heterocycles. The largest absolute Gasteiger partial charge is 0.312 e. The van der Waals surface area contributed by atoms with Crippen LogP contribution in [0, 0.1) is 0 Å². The van der Waals surface area contributed by atoms with E-state index in [1.165, 1.54) is 24.0 Å². The number of fused-ring (bicyclic) bond motifs is 1. The third-order valence-electron chi connectivity index (χ3n) is 4.37. The normalized spacial score (nSPS) is 26.4. The number of rotatable bonds is 1. The molecular formula is C15H20N2O. The summed E-state index contributed by atoms with van der Waals surface area (Å²) in [5.41, 5.74) is 3.97. The second-order valence-electron chi connectivity index (χ2n) is 5.59. The highest BCUT2D eigenvalue weighted by Gasteiger charge is 2.35. The van der Waals surface area contributed by atoms with Gasteiger partial charge in [0.15, 0.2) is 0 Å². The van der Waals surface area contributed by atoms with Gasteiger partial charge in [0.05, 0.1) is 0 Å². The molecule has 1 unspecified atom stereocenters. The SMILES string of the molecule is CC(=O)N1CCc2c1cccc2C1(C)CCCN1. The monoisotopic (exact) mass is 244 g/mol. The van der Waals surface area contributed by atoms with Crippen molar-refractivity contribution < 1.29 is 4.79 Å². The van der Waals surface area contributed by atoms with Gasteiger partial charge in [-0.2, -0.15) is 0 Å².